The van der Waals surface area contributed by atoms with Gasteiger partial charge in [0, 0.05) is 4.90 Å². The Morgan fingerprint density at radius 2 is 1.70 bits per heavy atom. The van der Waals surface area contributed by atoms with Crippen LogP contribution in [-0.2, 0) is 6.61 Å². The van der Waals surface area contributed by atoms with Crippen LogP contribution >= 0.6 is 23.1 Å². The summed E-state index contributed by atoms with van der Waals surface area (Å²) in [5, 5.41) is 3.16. The normalized spacial score (nSPS) is 11.9. The molecule has 0 amide bonds. The molecule has 6 heteroatoms. The van der Waals surface area contributed by atoms with E-state index in [1.165, 1.54) is 0 Å². The standard InChI is InChI=1S/C24H30O3S2Si/c1-24(2,3)30(5,6)27-20-9-7-8-18(16-20)17-26-19-10-12-21(13-11-19)29-22-14-15-28-23(22)25-4/h7-16H,17H2,1-6H3. The number of hydrogen-bond acceptors (Lipinski definition) is 5. The molecule has 0 bridgehead atoms. The summed E-state index contributed by atoms with van der Waals surface area (Å²) >= 11 is 3.30. The van der Waals surface area contributed by atoms with E-state index >= 15 is 0 Å². The fourth-order valence-electron chi connectivity index (χ4n) is 2.55. The average molecular weight is 459 g/mol. The van der Waals surface area contributed by atoms with Gasteiger partial charge < -0.3 is 13.9 Å². The highest BCUT2D eigenvalue weighted by Gasteiger charge is 2.38. The summed E-state index contributed by atoms with van der Waals surface area (Å²) in [6.45, 7) is 11.8. The van der Waals surface area contributed by atoms with E-state index < -0.39 is 8.32 Å². The summed E-state index contributed by atoms with van der Waals surface area (Å²) in [6, 6.07) is 18.5. The third-order valence-electron chi connectivity index (χ3n) is 5.32. The molecule has 0 fully saturated rings. The van der Waals surface area contributed by atoms with E-state index in [0.717, 1.165) is 31.9 Å². The number of benzene rings is 2. The van der Waals surface area contributed by atoms with Gasteiger partial charge in [-0.3, -0.25) is 0 Å². The molecule has 0 aliphatic carbocycles. The second kappa shape index (κ2) is 9.50. The lowest BCUT2D eigenvalue weighted by atomic mass is 10.2. The van der Waals surface area contributed by atoms with Gasteiger partial charge in [0.2, 0.25) is 8.32 Å². The van der Waals surface area contributed by atoms with Gasteiger partial charge in [-0.1, -0.05) is 44.7 Å². The molecule has 0 saturated carbocycles. The molecule has 1 aromatic heterocycles. The van der Waals surface area contributed by atoms with Crippen molar-refractivity contribution in [2.24, 2.45) is 0 Å². The Morgan fingerprint density at radius 3 is 2.37 bits per heavy atom. The fraction of sp³-hybridized carbons (Fsp3) is 0.333. The summed E-state index contributed by atoms with van der Waals surface area (Å²) in [7, 11) is -0.140. The van der Waals surface area contributed by atoms with Crippen LogP contribution in [-0.4, -0.2) is 15.4 Å². The Bertz CT molecular complexity index is 959. The first kappa shape index (κ1) is 22.8. The van der Waals surface area contributed by atoms with Crippen LogP contribution in [0.5, 0.6) is 16.6 Å². The van der Waals surface area contributed by atoms with Gasteiger partial charge >= 0.3 is 0 Å². The molecule has 0 N–H and O–H groups in total. The zero-order valence-corrected chi connectivity index (χ0v) is 21.2. The summed E-state index contributed by atoms with van der Waals surface area (Å²) < 4.78 is 17.8. The topological polar surface area (TPSA) is 27.7 Å². The number of methoxy groups -OCH3 is 1. The quantitative estimate of drug-likeness (QED) is 0.321. The molecular formula is C24H30O3S2Si. The molecule has 0 aliphatic rings. The van der Waals surface area contributed by atoms with Crippen LogP contribution in [0.4, 0.5) is 0 Å². The minimum Gasteiger partial charge on any atom is -0.543 e. The van der Waals surface area contributed by atoms with Crippen molar-refractivity contribution >= 4 is 31.4 Å². The van der Waals surface area contributed by atoms with E-state index in [9.17, 15) is 0 Å². The number of rotatable bonds is 8. The van der Waals surface area contributed by atoms with Gasteiger partial charge in [-0.15, -0.1) is 11.3 Å². The molecule has 0 saturated heterocycles. The fourth-order valence-corrected chi connectivity index (χ4v) is 5.37. The van der Waals surface area contributed by atoms with Crippen molar-refractivity contribution < 1.29 is 13.9 Å². The molecule has 0 atom stereocenters. The molecule has 1 heterocycles. The zero-order valence-electron chi connectivity index (χ0n) is 18.5. The molecule has 0 unspecified atom stereocenters. The van der Waals surface area contributed by atoms with Crippen LogP contribution in [0.2, 0.25) is 18.1 Å². The van der Waals surface area contributed by atoms with Crippen molar-refractivity contribution in [2.75, 3.05) is 7.11 Å². The zero-order chi connectivity index (χ0) is 21.8. The molecule has 3 nitrogen and oxygen atoms in total. The lowest BCUT2D eigenvalue weighted by molar-refractivity contribution is 0.305. The number of hydrogen-bond donors (Lipinski definition) is 0. The first-order chi connectivity index (χ1) is 14.2. The van der Waals surface area contributed by atoms with Crippen molar-refractivity contribution in [3.8, 4) is 16.6 Å². The summed E-state index contributed by atoms with van der Waals surface area (Å²) in [5.41, 5.74) is 1.10. The molecule has 0 spiro atoms. The molecular weight excluding hydrogens is 428 g/mol. The summed E-state index contributed by atoms with van der Waals surface area (Å²) in [6.07, 6.45) is 0. The highest BCUT2D eigenvalue weighted by molar-refractivity contribution is 7.99. The first-order valence-electron chi connectivity index (χ1n) is 9.98. The van der Waals surface area contributed by atoms with Gasteiger partial charge in [0.1, 0.15) is 18.1 Å². The van der Waals surface area contributed by atoms with E-state index in [0.29, 0.717) is 6.61 Å². The Morgan fingerprint density at radius 1 is 0.967 bits per heavy atom. The second-order valence-corrected chi connectivity index (χ2v) is 15.4. The smallest absolute Gasteiger partial charge is 0.250 e. The highest BCUT2D eigenvalue weighted by Crippen LogP contribution is 2.39. The van der Waals surface area contributed by atoms with Crippen molar-refractivity contribution in [1.82, 2.24) is 0 Å². The maximum absolute atomic E-state index is 6.41. The maximum Gasteiger partial charge on any atom is 0.250 e. The molecule has 0 aliphatic heterocycles. The minimum absolute atomic E-state index is 0.173. The van der Waals surface area contributed by atoms with Crippen molar-refractivity contribution in [1.29, 1.82) is 0 Å². The molecule has 3 rings (SSSR count). The van der Waals surface area contributed by atoms with Crippen molar-refractivity contribution in [3.05, 3.63) is 65.5 Å². The lowest BCUT2D eigenvalue weighted by Crippen LogP contribution is -2.43. The number of thiophene rings is 1. The highest BCUT2D eigenvalue weighted by atomic mass is 32.2. The van der Waals surface area contributed by atoms with E-state index in [2.05, 4.69) is 64.2 Å². The number of ether oxygens (including phenoxy) is 2. The predicted molar refractivity (Wildman–Crippen MR) is 130 cm³/mol. The van der Waals surface area contributed by atoms with Crippen molar-refractivity contribution in [3.63, 3.8) is 0 Å². The van der Waals surface area contributed by atoms with Crippen LogP contribution in [0.25, 0.3) is 0 Å². The van der Waals surface area contributed by atoms with E-state index in [-0.39, 0.29) is 5.04 Å². The van der Waals surface area contributed by atoms with Gasteiger partial charge in [-0.2, -0.15) is 0 Å². The summed E-state index contributed by atoms with van der Waals surface area (Å²) in [4.78, 5) is 2.29. The SMILES string of the molecule is COc1sccc1Sc1ccc(OCc2cccc(O[Si](C)(C)C(C)(C)C)c2)cc1. The Hall–Kier alpha value is -1.89. The second-order valence-electron chi connectivity index (χ2n) is 8.65. The van der Waals surface area contributed by atoms with Crippen LogP contribution < -0.4 is 13.9 Å². The minimum atomic E-state index is -1.85. The Kier molecular flexibility index (Phi) is 7.21. The average Bonchev–Trinajstić information content (AvgIpc) is 3.14. The van der Waals surface area contributed by atoms with Gasteiger partial charge in [0.25, 0.3) is 0 Å². The van der Waals surface area contributed by atoms with Crippen LogP contribution in [0.1, 0.15) is 26.3 Å². The predicted octanol–water partition coefficient (Wildman–Crippen LogP) is 7.87. The Balaban J connectivity index is 1.59. The molecule has 30 heavy (non-hydrogen) atoms. The van der Waals surface area contributed by atoms with Crippen LogP contribution in [0, 0.1) is 0 Å². The van der Waals surface area contributed by atoms with E-state index in [1.54, 1.807) is 30.2 Å². The molecule has 2 aromatic carbocycles. The maximum atomic E-state index is 6.41. The van der Waals surface area contributed by atoms with Gasteiger partial charge in [0.05, 0.1) is 12.0 Å². The van der Waals surface area contributed by atoms with Gasteiger partial charge in [-0.25, -0.2) is 0 Å². The van der Waals surface area contributed by atoms with Gasteiger partial charge in [-0.05, 0) is 71.5 Å². The molecule has 0 radical (unpaired) electrons. The first-order valence-corrected chi connectivity index (χ1v) is 14.6. The lowest BCUT2D eigenvalue weighted by Gasteiger charge is -2.36. The van der Waals surface area contributed by atoms with Crippen molar-refractivity contribution in [2.45, 2.75) is 55.3 Å². The monoisotopic (exact) mass is 458 g/mol. The largest absolute Gasteiger partial charge is 0.543 e. The molecule has 3 aromatic rings. The van der Waals surface area contributed by atoms with Crippen LogP contribution in [0.3, 0.4) is 0 Å². The third-order valence-corrected chi connectivity index (χ3v) is 11.7. The summed E-state index contributed by atoms with van der Waals surface area (Å²) in [5.74, 6) is 1.78. The third kappa shape index (κ3) is 5.83. The van der Waals surface area contributed by atoms with Crippen LogP contribution in [0.15, 0.2) is 69.8 Å². The van der Waals surface area contributed by atoms with Gasteiger partial charge in [0.15, 0.2) is 5.06 Å². The molecule has 160 valence electrons. The Labute approximate surface area is 189 Å². The van der Waals surface area contributed by atoms with E-state index in [1.807, 2.05) is 29.6 Å². The van der Waals surface area contributed by atoms with E-state index in [4.69, 9.17) is 13.9 Å².